The summed E-state index contributed by atoms with van der Waals surface area (Å²) >= 11 is 0. The molecular weight excluding hydrogens is 892 g/mol. The van der Waals surface area contributed by atoms with E-state index in [1.165, 1.54) is 32.0 Å². The normalized spacial score (nSPS) is 16.0. The van der Waals surface area contributed by atoms with Crippen molar-refractivity contribution in [2.75, 3.05) is 4.90 Å². The molecule has 0 fully saturated rings. The predicted molar refractivity (Wildman–Crippen MR) is 209 cm³/mol. The number of rotatable bonds is 10. The lowest BCUT2D eigenvalue weighted by atomic mass is 9.78. The third-order valence-corrected chi connectivity index (χ3v) is 12.3. The van der Waals surface area contributed by atoms with Crippen LogP contribution in [0.5, 0.6) is 0 Å². The van der Waals surface area contributed by atoms with Crippen molar-refractivity contribution in [3.05, 3.63) is 122 Å². The van der Waals surface area contributed by atoms with E-state index in [1.807, 2.05) is 13.8 Å². The number of benzene rings is 4. The van der Waals surface area contributed by atoms with Crippen molar-refractivity contribution in [3.63, 3.8) is 0 Å². The van der Waals surface area contributed by atoms with E-state index in [2.05, 4.69) is 0 Å². The number of hydrogen-bond donors (Lipinski definition) is 2. The van der Waals surface area contributed by atoms with Gasteiger partial charge < -0.3 is 15.1 Å². The van der Waals surface area contributed by atoms with Crippen LogP contribution >= 0.6 is 0 Å². The van der Waals surface area contributed by atoms with Crippen LogP contribution in [0.4, 0.5) is 58.4 Å². The molecule has 65 heavy (non-hydrogen) atoms. The molecular formula is C45H38F12N2O6. The van der Waals surface area contributed by atoms with Gasteiger partial charge in [0.2, 0.25) is 0 Å². The van der Waals surface area contributed by atoms with Crippen LogP contribution in [0, 0.1) is 13.8 Å². The van der Waals surface area contributed by atoms with Gasteiger partial charge in [-0.2, -0.15) is 52.7 Å². The average molecular weight is 931 g/mol. The maximum absolute atomic E-state index is 14.8. The van der Waals surface area contributed by atoms with Crippen LogP contribution in [0.2, 0.25) is 0 Å². The molecule has 0 aromatic heterocycles. The van der Waals surface area contributed by atoms with Gasteiger partial charge in [-0.05, 0) is 115 Å². The fraction of sp³-hybridized carbons (Fsp3) is 0.378. The number of carbonyl (C=O) groups is 4. The van der Waals surface area contributed by atoms with Gasteiger partial charge in [-0.1, -0.05) is 39.0 Å². The monoisotopic (exact) mass is 930 g/mol. The SMILES string of the molecule is CCC(C)c1cc(C)c(-c2cc(C(O)(C(F)(F)F)C(F)(F)F)c(N3C(=O)c4ccc(C(=O)c5ccc6c(c5)CN(C(C)CC)C6=O)cc4C3=O)cc2C)cc1C(O)(C(F)(F)F)C(F)(F)F. The molecule has 348 valence electrons. The zero-order valence-corrected chi connectivity index (χ0v) is 35.0. The van der Waals surface area contributed by atoms with Gasteiger partial charge in [-0.25, -0.2) is 4.90 Å². The van der Waals surface area contributed by atoms with Gasteiger partial charge in [0.25, 0.3) is 28.9 Å². The quantitative estimate of drug-likeness (QED) is 0.0930. The van der Waals surface area contributed by atoms with Crippen LogP contribution in [0.25, 0.3) is 11.1 Å². The molecule has 2 heterocycles. The highest BCUT2D eigenvalue weighted by Crippen LogP contribution is 2.56. The number of anilines is 1. The Kier molecular flexibility index (Phi) is 12.0. The Morgan fingerprint density at radius 1 is 0.585 bits per heavy atom. The molecule has 3 amide bonds. The molecule has 2 N–H and O–H groups in total. The number of hydrogen-bond acceptors (Lipinski definition) is 6. The topological polar surface area (TPSA) is 115 Å². The first-order valence-corrected chi connectivity index (χ1v) is 19.8. The third-order valence-electron chi connectivity index (χ3n) is 12.3. The van der Waals surface area contributed by atoms with E-state index in [1.54, 1.807) is 4.90 Å². The Balaban J connectivity index is 1.54. The summed E-state index contributed by atoms with van der Waals surface area (Å²) in [6, 6.07) is 8.15. The highest BCUT2D eigenvalue weighted by atomic mass is 19.4. The minimum absolute atomic E-state index is 0.0181. The maximum Gasteiger partial charge on any atom is 0.430 e. The lowest BCUT2D eigenvalue weighted by Gasteiger charge is -2.37. The van der Waals surface area contributed by atoms with E-state index in [-0.39, 0.29) is 58.6 Å². The summed E-state index contributed by atoms with van der Waals surface area (Å²) in [5.74, 6) is -5.25. The van der Waals surface area contributed by atoms with E-state index in [0.29, 0.717) is 23.6 Å². The van der Waals surface area contributed by atoms with Gasteiger partial charge in [-0.15, -0.1) is 0 Å². The van der Waals surface area contributed by atoms with Crippen molar-refractivity contribution in [2.45, 2.75) is 109 Å². The number of aliphatic hydroxyl groups is 2. The minimum atomic E-state index is -6.72. The highest BCUT2D eigenvalue weighted by molar-refractivity contribution is 6.35. The largest absolute Gasteiger partial charge is 0.430 e. The van der Waals surface area contributed by atoms with Gasteiger partial charge in [0.15, 0.2) is 5.78 Å². The Labute approximate surface area is 362 Å². The fourth-order valence-electron chi connectivity index (χ4n) is 8.18. The molecule has 4 aromatic rings. The van der Waals surface area contributed by atoms with E-state index in [4.69, 9.17) is 0 Å². The van der Waals surface area contributed by atoms with E-state index in [9.17, 15) is 82.1 Å². The van der Waals surface area contributed by atoms with Crippen molar-refractivity contribution in [1.82, 2.24) is 4.90 Å². The molecule has 0 spiro atoms. The first-order valence-electron chi connectivity index (χ1n) is 19.8. The van der Waals surface area contributed by atoms with Gasteiger partial charge in [0.1, 0.15) is 0 Å². The zero-order valence-electron chi connectivity index (χ0n) is 35.0. The molecule has 0 radical (unpaired) electrons. The molecule has 4 aromatic carbocycles. The smallest absolute Gasteiger partial charge is 0.369 e. The Morgan fingerprint density at radius 3 is 1.55 bits per heavy atom. The first kappa shape index (κ1) is 48.7. The van der Waals surface area contributed by atoms with Crippen LogP contribution < -0.4 is 4.90 Å². The fourth-order valence-corrected chi connectivity index (χ4v) is 8.18. The van der Waals surface area contributed by atoms with Crippen LogP contribution in [0.3, 0.4) is 0 Å². The lowest BCUT2D eigenvalue weighted by molar-refractivity contribution is -0.376. The van der Waals surface area contributed by atoms with Crippen molar-refractivity contribution >= 4 is 29.2 Å². The molecule has 0 saturated heterocycles. The number of ketones is 1. The van der Waals surface area contributed by atoms with Crippen molar-refractivity contribution in [2.24, 2.45) is 0 Å². The molecule has 2 atom stereocenters. The van der Waals surface area contributed by atoms with Crippen molar-refractivity contribution in [3.8, 4) is 11.1 Å². The molecule has 6 rings (SSSR count). The van der Waals surface area contributed by atoms with E-state index >= 15 is 0 Å². The first-order chi connectivity index (χ1) is 29.8. The predicted octanol–water partition coefficient (Wildman–Crippen LogP) is 10.9. The van der Waals surface area contributed by atoms with Gasteiger partial charge in [0.05, 0.1) is 16.8 Å². The van der Waals surface area contributed by atoms with Crippen LogP contribution in [0.1, 0.15) is 127 Å². The lowest BCUT2D eigenvalue weighted by Crippen LogP contribution is -2.55. The number of amides is 3. The summed E-state index contributed by atoms with van der Waals surface area (Å²) in [4.78, 5) is 56.1. The Morgan fingerprint density at radius 2 is 1.05 bits per heavy atom. The van der Waals surface area contributed by atoms with Crippen LogP contribution in [0.15, 0.2) is 60.7 Å². The second-order valence-corrected chi connectivity index (χ2v) is 16.3. The summed E-state index contributed by atoms with van der Waals surface area (Å²) < 4.78 is 175. The van der Waals surface area contributed by atoms with E-state index < -0.39 is 110 Å². The molecule has 0 bridgehead atoms. The van der Waals surface area contributed by atoms with Crippen LogP contribution in [-0.4, -0.2) is 69.4 Å². The molecule has 2 unspecified atom stereocenters. The van der Waals surface area contributed by atoms with Gasteiger partial charge in [0, 0.05) is 40.4 Å². The number of aryl methyl sites for hydroxylation is 2. The number of fused-ring (bicyclic) bond motifs is 2. The summed E-state index contributed by atoms with van der Waals surface area (Å²) in [6.07, 6.45) is -25.8. The number of nitrogens with zero attached hydrogens (tertiary/aromatic N) is 2. The zero-order chi connectivity index (χ0) is 48.9. The standard InChI is InChI=1S/C45H38F12N2O6/c1-7-20(3)31-13-21(4)29(17-33(31)40(64,42(46,47)48)43(49,50)51)30-18-34(41(65,44(52,53)54)45(55,56)57)35(14-22(30)5)59-38(62)28-12-10-25(16-32(28)39(59)63)36(60)24-9-11-27-26(15-24)19-58(37(27)61)23(6)8-2/h9-18,20,23,64-65H,7-8,19H2,1-6H3. The van der Waals surface area contributed by atoms with Crippen molar-refractivity contribution < 1.29 is 82.1 Å². The molecule has 20 heteroatoms. The molecule has 0 saturated carbocycles. The number of halogens is 12. The summed E-state index contributed by atoms with van der Waals surface area (Å²) in [5, 5.41) is 21.4. The second-order valence-electron chi connectivity index (χ2n) is 16.3. The van der Waals surface area contributed by atoms with Crippen LogP contribution in [-0.2, 0) is 17.7 Å². The summed E-state index contributed by atoms with van der Waals surface area (Å²) in [6.45, 7) is 8.51. The summed E-state index contributed by atoms with van der Waals surface area (Å²) in [7, 11) is 0. The van der Waals surface area contributed by atoms with Crippen molar-refractivity contribution in [1.29, 1.82) is 0 Å². The molecule has 8 nitrogen and oxygen atoms in total. The highest BCUT2D eigenvalue weighted by Gasteiger charge is 2.73. The van der Waals surface area contributed by atoms with Gasteiger partial charge >= 0.3 is 24.7 Å². The Hall–Kier alpha value is -5.76. The van der Waals surface area contributed by atoms with Gasteiger partial charge in [-0.3, -0.25) is 19.2 Å². The maximum atomic E-state index is 14.8. The third kappa shape index (κ3) is 7.55. The molecule has 0 aliphatic carbocycles. The minimum Gasteiger partial charge on any atom is -0.369 e. The summed E-state index contributed by atoms with van der Waals surface area (Å²) in [5.41, 5.74) is -21.1. The molecule has 2 aliphatic rings. The average Bonchev–Trinajstić information content (AvgIpc) is 3.68. The number of imide groups is 1. The van der Waals surface area contributed by atoms with E-state index in [0.717, 1.165) is 38.1 Å². The Bertz CT molecular complexity index is 2620. The second kappa shape index (κ2) is 16.0. The number of carbonyl (C=O) groups excluding carboxylic acids is 4. The number of alkyl halides is 12. The molecule has 2 aliphatic heterocycles.